The first-order chi connectivity index (χ1) is 50.8. The normalized spacial score (nSPS) is 29.3. The Hall–Kier alpha value is -7.57. The van der Waals surface area contributed by atoms with E-state index in [1.807, 2.05) is 156 Å². The second-order valence-corrected chi connectivity index (χ2v) is 28.8. The van der Waals surface area contributed by atoms with Crippen LogP contribution < -0.4 is 0 Å². The molecule has 6 heterocycles. The Kier molecular flexibility index (Phi) is 36.2. The van der Waals surface area contributed by atoms with E-state index in [4.69, 9.17) is 76.2 Å². The number of hydrogen-bond donors (Lipinski definition) is 3. The van der Waals surface area contributed by atoms with E-state index in [9.17, 15) is 43.8 Å². The molecule has 26 nitrogen and oxygen atoms in total. The Morgan fingerprint density at radius 2 is 0.888 bits per heavy atom. The molecule has 594 valence electrons. The largest absolute Gasteiger partial charge is 0.469 e. The van der Waals surface area contributed by atoms with E-state index in [2.05, 4.69) is 11.3 Å². The van der Waals surface area contributed by atoms with Gasteiger partial charge in [-0.1, -0.05) is 127 Å². The Morgan fingerprint density at radius 1 is 0.523 bits per heavy atom. The number of aliphatic hydroxyl groups excluding tert-OH is 3. The number of carbonyl (C=O) groups excluding carboxylic acids is 7. The van der Waals surface area contributed by atoms with Crippen LogP contribution in [0, 0.1) is 32.5 Å². The molecule has 6 fully saturated rings. The van der Waals surface area contributed by atoms with Crippen molar-refractivity contribution in [2.75, 3.05) is 75.2 Å². The Bertz CT molecular complexity index is 3300. The lowest BCUT2D eigenvalue weighted by molar-refractivity contribution is -0.178. The van der Waals surface area contributed by atoms with Gasteiger partial charge in [0, 0.05) is 19.8 Å². The molecule has 3 N–H and O–H groups in total. The van der Waals surface area contributed by atoms with Crippen LogP contribution in [0.5, 0.6) is 0 Å². The summed E-state index contributed by atoms with van der Waals surface area (Å²) in [5.74, 6) is -2.33. The molecule has 26 heteroatoms. The number of carbonyl (C=O) groups is 7. The molecule has 4 aromatic rings. The maximum atomic E-state index is 12.1. The van der Waals surface area contributed by atoms with Gasteiger partial charge in [-0.2, -0.15) is 0 Å². The minimum atomic E-state index is -1.03. The number of benzene rings is 4. The molecular weight excluding hydrogens is 1390 g/mol. The highest BCUT2D eigenvalue weighted by molar-refractivity contribution is 5.81. The number of rotatable bonds is 26. The van der Waals surface area contributed by atoms with E-state index in [-0.39, 0.29) is 99.1 Å². The molecule has 0 aromatic heterocycles. The third kappa shape index (κ3) is 25.2. The van der Waals surface area contributed by atoms with Crippen molar-refractivity contribution < 1.29 is 125 Å². The molecule has 4 aromatic carbocycles. The molecule has 107 heavy (non-hydrogen) atoms. The summed E-state index contributed by atoms with van der Waals surface area (Å²) >= 11 is 0. The molecule has 0 amide bonds. The monoisotopic (exact) mass is 1500 g/mol. The van der Waals surface area contributed by atoms with Crippen LogP contribution in [0.15, 0.2) is 134 Å². The summed E-state index contributed by atoms with van der Waals surface area (Å²) in [4.78, 5) is 81.5. The average Bonchev–Trinajstić information content (AvgIpc) is 1.59. The molecule has 0 radical (unpaired) electrons. The highest BCUT2D eigenvalue weighted by atomic mass is 16.7. The van der Waals surface area contributed by atoms with Crippen LogP contribution in [0.1, 0.15) is 130 Å². The van der Waals surface area contributed by atoms with Crippen LogP contribution in [0.4, 0.5) is 0 Å². The fourth-order valence-electron chi connectivity index (χ4n) is 13.6. The van der Waals surface area contributed by atoms with Gasteiger partial charge < -0.3 is 91.1 Å². The first-order valence-corrected chi connectivity index (χ1v) is 35.9. The van der Waals surface area contributed by atoms with Crippen molar-refractivity contribution in [1.29, 1.82) is 0 Å². The zero-order valence-electron chi connectivity index (χ0n) is 64.7. The lowest BCUT2D eigenvalue weighted by Gasteiger charge is -2.30. The van der Waals surface area contributed by atoms with Crippen LogP contribution >= 0.6 is 0 Å². The van der Waals surface area contributed by atoms with E-state index >= 15 is 0 Å². The smallest absolute Gasteiger partial charge is 0.314 e. The predicted molar refractivity (Wildman–Crippen MR) is 389 cm³/mol. The van der Waals surface area contributed by atoms with Gasteiger partial charge in [0.25, 0.3) is 0 Å². The maximum absolute atomic E-state index is 12.1. The quantitative estimate of drug-likeness (QED) is 0.0299. The average molecular weight is 1500 g/mol. The summed E-state index contributed by atoms with van der Waals surface area (Å²) in [6, 6.07) is 39.0. The van der Waals surface area contributed by atoms with Crippen molar-refractivity contribution in [3.8, 4) is 0 Å². The standard InChI is InChI=1S/C17H22O6.2C16H22O4.C15H20O5.C9H16O4.C8H12O3/c1-12(18)22-15-9-17(2,16(19)20-3)14(23-15)11-21-10-13-7-5-4-6-8-13;1-12-9-16(2,15(17)18-3)14(20-12)11-19-10-13-7-5-4-6-8-13;1-4-10-16(2,15(18)19-3)14(17)12-20-11-13-8-6-5-7-9-13;1-15(14(17)18-2)8-13(16)20-12(15)10-19-9-11-6-4-3-5-7-11;1-6-4-9(2,8(11)12-3)7(5-10)13-6;1-5-3-8(2)6(11-5)4-10-7(8)9/h4-8,14-15H,9-11H2,1-3H3;4-8,12,14H,9-11H2,1-3H3;4-9,14,17H,1,10-12H2,2-3H3;3-7,12-13,16H,8-10H2,1-2H3;6-7,10H,4-5H2,1-3H3;5-6H,3-4H2,1-2H3/t14-,15+,17?;12?,14-,16?;14-,16+;12-,13?,15?;6?,7-,9?;5?,6-,8?/m111111/s1. The van der Waals surface area contributed by atoms with Crippen LogP contribution in [0.3, 0.4) is 0 Å². The highest BCUT2D eigenvalue weighted by Gasteiger charge is 2.57. The van der Waals surface area contributed by atoms with Crippen LogP contribution in [0.25, 0.3) is 0 Å². The molecule has 0 saturated carbocycles. The maximum Gasteiger partial charge on any atom is 0.314 e. The topological polar surface area (TPSA) is 328 Å². The summed E-state index contributed by atoms with van der Waals surface area (Å²) in [6.45, 7) is 24.4. The second kappa shape index (κ2) is 43.0. The third-order valence-corrected chi connectivity index (χ3v) is 20.1. The molecule has 0 aliphatic carbocycles. The molecule has 6 aliphatic rings. The molecule has 6 aliphatic heterocycles. The molecule has 0 spiro atoms. The molecule has 10 rings (SSSR count). The van der Waals surface area contributed by atoms with Crippen LogP contribution in [-0.4, -0.2) is 200 Å². The van der Waals surface area contributed by atoms with Gasteiger partial charge in [-0.25, -0.2) is 0 Å². The summed E-state index contributed by atoms with van der Waals surface area (Å²) in [5.41, 5.74) is -0.273. The van der Waals surface area contributed by atoms with Crippen molar-refractivity contribution in [3.05, 3.63) is 156 Å². The van der Waals surface area contributed by atoms with Gasteiger partial charge >= 0.3 is 41.8 Å². The number of hydrogen-bond acceptors (Lipinski definition) is 26. The zero-order chi connectivity index (χ0) is 79.2. The molecular formula is C81H114O26. The van der Waals surface area contributed by atoms with Crippen molar-refractivity contribution in [1.82, 2.24) is 0 Å². The van der Waals surface area contributed by atoms with Gasteiger partial charge in [-0.3, -0.25) is 33.6 Å². The van der Waals surface area contributed by atoms with Gasteiger partial charge in [-0.05, 0) is 110 Å². The van der Waals surface area contributed by atoms with Crippen LogP contribution in [0.2, 0.25) is 0 Å². The molecule has 17 atom stereocenters. The summed E-state index contributed by atoms with van der Waals surface area (Å²) in [7, 11) is 6.74. The fraction of sp³-hybridized carbons (Fsp3) is 0.593. The number of fused-ring (bicyclic) bond motifs is 1. The zero-order valence-corrected chi connectivity index (χ0v) is 64.7. The second-order valence-electron chi connectivity index (χ2n) is 28.8. The van der Waals surface area contributed by atoms with Gasteiger partial charge in [-0.15, -0.1) is 6.58 Å². The number of aliphatic hydroxyl groups is 3. The van der Waals surface area contributed by atoms with E-state index in [0.29, 0.717) is 58.9 Å². The van der Waals surface area contributed by atoms with Gasteiger partial charge in [0.05, 0.1) is 170 Å². The first kappa shape index (κ1) is 90.0. The lowest BCUT2D eigenvalue weighted by atomic mass is 9.81. The SMILES string of the molecule is C=CC[C@](C)(C(=O)OC)[C@H](O)COCc1ccccc1.CC1CC2(C)C(=O)OC[C@H]2O1.COC(=O)C1(C)CC(C)O[C@@H]1CO.COC(=O)C1(C)CC(C)O[C@@H]1COCc1ccccc1.COC(=O)C1(C)CC(O)O[C@@H]1COCc1ccccc1.COC(=O)C1(C)C[C@@H](OC(C)=O)O[C@@H]1COCc1ccccc1. The highest BCUT2D eigenvalue weighted by Crippen LogP contribution is 2.45. The molecule has 0 bridgehead atoms. The van der Waals surface area contributed by atoms with Crippen molar-refractivity contribution in [2.45, 2.75) is 202 Å². The van der Waals surface area contributed by atoms with Crippen molar-refractivity contribution in [2.24, 2.45) is 32.5 Å². The molecule has 9 unspecified atom stereocenters. The Morgan fingerprint density at radius 3 is 1.27 bits per heavy atom. The summed E-state index contributed by atoms with van der Waals surface area (Å²) < 4.78 is 84.2. The van der Waals surface area contributed by atoms with E-state index in [1.165, 1.54) is 42.5 Å². The summed E-state index contributed by atoms with van der Waals surface area (Å²) in [5, 5.41) is 28.8. The van der Waals surface area contributed by atoms with Gasteiger partial charge in [0.1, 0.15) is 18.8 Å². The predicted octanol–water partition coefficient (Wildman–Crippen LogP) is 9.49. The van der Waals surface area contributed by atoms with E-state index in [0.717, 1.165) is 28.7 Å². The van der Waals surface area contributed by atoms with Crippen LogP contribution in [-0.2, 0) is 136 Å². The minimum absolute atomic E-state index is 0.00116. The lowest BCUT2D eigenvalue weighted by Crippen LogP contribution is -2.43. The van der Waals surface area contributed by atoms with Crippen molar-refractivity contribution in [3.63, 3.8) is 0 Å². The molecule has 6 saturated heterocycles. The van der Waals surface area contributed by atoms with Gasteiger partial charge in [0.2, 0.25) is 6.29 Å². The van der Waals surface area contributed by atoms with Crippen molar-refractivity contribution >= 4 is 41.8 Å². The number of esters is 7. The number of ether oxygens (including phenoxy) is 16. The Labute approximate surface area is 629 Å². The minimum Gasteiger partial charge on any atom is -0.469 e. The summed E-state index contributed by atoms with van der Waals surface area (Å²) in [6.07, 6.45) is 0.321. The number of allylic oxidation sites excluding steroid dienone is 1. The fourth-order valence-corrected chi connectivity index (χ4v) is 13.6. The Balaban J connectivity index is 0.000000233. The number of methoxy groups -OCH3 is 5. The first-order valence-electron chi connectivity index (χ1n) is 35.9. The van der Waals surface area contributed by atoms with E-state index in [1.54, 1.807) is 33.8 Å². The third-order valence-electron chi connectivity index (χ3n) is 20.1. The number of cyclic esters (lactones) is 1. The van der Waals surface area contributed by atoms with Gasteiger partial charge in [0.15, 0.2) is 6.29 Å². The van der Waals surface area contributed by atoms with E-state index < -0.39 is 82.0 Å².